The molecule has 158 valence electrons. The molecule has 9 nitrogen and oxygen atoms in total. The van der Waals surface area contributed by atoms with E-state index in [1.807, 2.05) is 0 Å². The first-order valence-electron chi connectivity index (χ1n) is 9.09. The van der Waals surface area contributed by atoms with Crippen molar-refractivity contribution in [3.8, 4) is 5.75 Å². The number of nitrogens with two attached hydrogens (primary N) is 1. The summed E-state index contributed by atoms with van der Waals surface area (Å²) >= 11 is 0. The van der Waals surface area contributed by atoms with Gasteiger partial charge in [-0.3, -0.25) is 19.8 Å². The van der Waals surface area contributed by atoms with E-state index in [1.165, 1.54) is 29.2 Å². The van der Waals surface area contributed by atoms with Gasteiger partial charge >= 0.3 is 5.97 Å². The third-order valence-electron chi connectivity index (χ3n) is 4.15. The normalized spacial score (nSPS) is 11.3. The number of hydrogen-bond acceptors (Lipinski definition) is 5. The Kier molecular flexibility index (Phi) is 7.51. The Balaban J connectivity index is 2.05. The summed E-state index contributed by atoms with van der Waals surface area (Å²) in [4.78, 5) is 37.0. The van der Waals surface area contributed by atoms with Gasteiger partial charge in [-0.15, -0.1) is 0 Å². The smallest absolute Gasteiger partial charge is 0.305 e. The van der Waals surface area contributed by atoms with Crippen LogP contribution in [-0.4, -0.2) is 60.4 Å². The fraction of sp³-hybridized carbons (Fsp3) is 0.238. The lowest BCUT2D eigenvalue weighted by atomic mass is 10.1. The van der Waals surface area contributed by atoms with Crippen molar-refractivity contribution in [2.45, 2.75) is 12.5 Å². The van der Waals surface area contributed by atoms with Gasteiger partial charge in [0.1, 0.15) is 18.2 Å². The fourth-order valence-electron chi connectivity index (χ4n) is 2.60. The van der Waals surface area contributed by atoms with Gasteiger partial charge in [0, 0.05) is 30.8 Å². The molecule has 0 radical (unpaired) electrons. The molecule has 0 bridgehead atoms. The number of hydrogen-bond donors (Lipinski definition) is 4. The predicted molar refractivity (Wildman–Crippen MR) is 111 cm³/mol. The first kappa shape index (κ1) is 22.4. The fourth-order valence-corrected chi connectivity index (χ4v) is 2.60. The molecule has 2 amide bonds. The lowest BCUT2D eigenvalue weighted by molar-refractivity contribution is -0.137. The molecule has 0 fully saturated rings. The second-order valence-electron chi connectivity index (χ2n) is 6.80. The maximum Gasteiger partial charge on any atom is 0.305 e. The van der Waals surface area contributed by atoms with Crippen LogP contribution in [0, 0.1) is 5.41 Å². The Labute approximate surface area is 174 Å². The minimum absolute atomic E-state index is 0.0867. The number of carboxylic acid groups (broad SMARTS) is 1. The number of nitrogen functional groups attached to an aromatic ring is 1. The number of ether oxygens (including phenoxy) is 1. The summed E-state index contributed by atoms with van der Waals surface area (Å²) in [7, 11) is 3.26. The van der Waals surface area contributed by atoms with E-state index >= 15 is 0 Å². The Morgan fingerprint density at radius 3 is 2.30 bits per heavy atom. The highest BCUT2D eigenvalue weighted by molar-refractivity contribution is 5.98. The van der Waals surface area contributed by atoms with Crippen LogP contribution in [0.15, 0.2) is 48.5 Å². The van der Waals surface area contributed by atoms with Gasteiger partial charge in [0.15, 0.2) is 0 Å². The molecule has 0 aromatic heterocycles. The zero-order valence-corrected chi connectivity index (χ0v) is 16.7. The molecule has 0 unspecified atom stereocenters. The average molecular weight is 412 g/mol. The van der Waals surface area contributed by atoms with Crippen molar-refractivity contribution in [2.24, 2.45) is 5.73 Å². The molecule has 2 aromatic carbocycles. The third kappa shape index (κ3) is 6.33. The van der Waals surface area contributed by atoms with Crippen LogP contribution in [-0.2, 0) is 4.79 Å². The summed E-state index contributed by atoms with van der Waals surface area (Å²) in [5, 5.41) is 19.2. The number of carbonyl (C=O) groups is 3. The molecule has 0 spiro atoms. The van der Waals surface area contributed by atoms with E-state index in [9.17, 15) is 14.4 Å². The highest BCUT2D eigenvalue weighted by atomic mass is 16.5. The predicted octanol–water partition coefficient (Wildman–Crippen LogP) is 1.32. The first-order chi connectivity index (χ1) is 14.2. The van der Waals surface area contributed by atoms with Gasteiger partial charge in [-0.2, -0.15) is 0 Å². The molecular formula is C21H24N4O5. The molecule has 0 aliphatic heterocycles. The number of nitrogens with zero attached hydrogens (tertiary/aromatic N) is 1. The molecule has 9 heteroatoms. The number of nitrogens with one attached hydrogen (secondary N) is 2. The summed E-state index contributed by atoms with van der Waals surface area (Å²) in [6.07, 6.45) is -0.338. The Hall–Kier alpha value is -3.88. The van der Waals surface area contributed by atoms with Gasteiger partial charge in [-0.1, -0.05) is 12.1 Å². The van der Waals surface area contributed by atoms with Crippen molar-refractivity contribution in [1.82, 2.24) is 10.2 Å². The molecule has 0 saturated carbocycles. The summed E-state index contributed by atoms with van der Waals surface area (Å²) in [5.41, 5.74) is 6.65. The van der Waals surface area contributed by atoms with Crippen molar-refractivity contribution < 1.29 is 24.2 Å². The third-order valence-corrected chi connectivity index (χ3v) is 4.15. The molecule has 5 N–H and O–H groups in total. The van der Waals surface area contributed by atoms with Crippen molar-refractivity contribution in [2.75, 3.05) is 20.7 Å². The molecule has 2 rings (SSSR count). The topological polar surface area (TPSA) is 146 Å². The Morgan fingerprint density at radius 2 is 1.73 bits per heavy atom. The van der Waals surface area contributed by atoms with Crippen LogP contribution in [0.5, 0.6) is 5.75 Å². The standard InChI is InChI=1S/C21H24N4O5/c1-25(2)21(29)14-8-6-13(7-9-14)20(28)24-16(11-18(26)27)12-30-17-5-3-4-15(10-17)19(22)23/h3-10,16H,11-12H2,1-2H3,(H3,22,23)(H,24,28)(H,26,27)/t16-/m1/s1. The molecule has 0 saturated heterocycles. The van der Waals surface area contributed by atoms with E-state index in [-0.39, 0.29) is 24.8 Å². The SMILES string of the molecule is CN(C)C(=O)c1ccc(C(=O)N[C@@H](COc2cccc(C(=N)N)c2)CC(=O)O)cc1. The maximum atomic E-state index is 12.5. The van der Waals surface area contributed by atoms with Crippen LogP contribution in [0.4, 0.5) is 0 Å². The maximum absolute atomic E-state index is 12.5. The minimum Gasteiger partial charge on any atom is -0.491 e. The van der Waals surface area contributed by atoms with E-state index in [0.717, 1.165) is 0 Å². The molecule has 0 aliphatic carbocycles. The van der Waals surface area contributed by atoms with Gasteiger partial charge in [-0.05, 0) is 36.4 Å². The molecule has 0 heterocycles. The van der Waals surface area contributed by atoms with E-state index in [1.54, 1.807) is 38.4 Å². The average Bonchev–Trinajstić information content (AvgIpc) is 2.71. The number of aliphatic carboxylic acids is 1. The van der Waals surface area contributed by atoms with Crippen LogP contribution in [0.3, 0.4) is 0 Å². The quantitative estimate of drug-likeness (QED) is 0.361. The van der Waals surface area contributed by atoms with Crippen molar-refractivity contribution >= 4 is 23.6 Å². The number of amidine groups is 1. The molecule has 2 aromatic rings. The van der Waals surface area contributed by atoms with Crippen LogP contribution in [0.1, 0.15) is 32.7 Å². The van der Waals surface area contributed by atoms with E-state index in [2.05, 4.69) is 5.32 Å². The number of rotatable bonds is 9. The summed E-state index contributed by atoms with van der Waals surface area (Å²) in [6.45, 7) is -0.0867. The van der Waals surface area contributed by atoms with Crippen LogP contribution < -0.4 is 15.8 Å². The van der Waals surface area contributed by atoms with Gasteiger partial charge in [0.05, 0.1) is 12.5 Å². The molecule has 1 atom stereocenters. The van der Waals surface area contributed by atoms with Crippen molar-refractivity contribution in [1.29, 1.82) is 5.41 Å². The van der Waals surface area contributed by atoms with Gasteiger partial charge in [0.2, 0.25) is 0 Å². The number of amides is 2. The highest BCUT2D eigenvalue weighted by Crippen LogP contribution is 2.14. The Morgan fingerprint density at radius 1 is 1.10 bits per heavy atom. The van der Waals surface area contributed by atoms with Crippen LogP contribution >= 0.6 is 0 Å². The lowest BCUT2D eigenvalue weighted by Gasteiger charge is -2.18. The summed E-state index contributed by atoms with van der Waals surface area (Å²) in [5.74, 6) is -1.47. The second kappa shape index (κ2) is 10.1. The number of benzene rings is 2. The highest BCUT2D eigenvalue weighted by Gasteiger charge is 2.19. The van der Waals surface area contributed by atoms with E-state index in [4.69, 9.17) is 21.0 Å². The minimum atomic E-state index is -1.09. The van der Waals surface area contributed by atoms with E-state index < -0.39 is 17.9 Å². The van der Waals surface area contributed by atoms with Crippen LogP contribution in [0.2, 0.25) is 0 Å². The lowest BCUT2D eigenvalue weighted by Crippen LogP contribution is -2.40. The number of carbonyl (C=O) groups excluding carboxylic acids is 2. The van der Waals surface area contributed by atoms with Crippen LogP contribution in [0.25, 0.3) is 0 Å². The van der Waals surface area contributed by atoms with Gasteiger partial charge < -0.3 is 25.8 Å². The molecule has 30 heavy (non-hydrogen) atoms. The zero-order valence-electron chi connectivity index (χ0n) is 16.7. The first-order valence-corrected chi connectivity index (χ1v) is 9.09. The zero-order chi connectivity index (χ0) is 22.3. The largest absolute Gasteiger partial charge is 0.491 e. The molecular weight excluding hydrogens is 388 g/mol. The van der Waals surface area contributed by atoms with Gasteiger partial charge in [-0.25, -0.2) is 0 Å². The molecule has 0 aliphatic rings. The summed E-state index contributed by atoms with van der Waals surface area (Å²) in [6, 6.07) is 11.8. The van der Waals surface area contributed by atoms with Crippen molar-refractivity contribution in [3.05, 3.63) is 65.2 Å². The van der Waals surface area contributed by atoms with Crippen molar-refractivity contribution in [3.63, 3.8) is 0 Å². The Bertz CT molecular complexity index is 941. The second-order valence-corrected chi connectivity index (χ2v) is 6.80. The van der Waals surface area contributed by atoms with Gasteiger partial charge in [0.25, 0.3) is 11.8 Å². The summed E-state index contributed by atoms with van der Waals surface area (Å²) < 4.78 is 5.59. The monoisotopic (exact) mass is 412 g/mol. The number of carboxylic acids is 1. The van der Waals surface area contributed by atoms with E-state index in [0.29, 0.717) is 22.4 Å².